The highest BCUT2D eigenvalue weighted by molar-refractivity contribution is 5.73. The summed E-state index contributed by atoms with van der Waals surface area (Å²) in [5.41, 5.74) is 0. The number of amides is 2. The Morgan fingerprint density at radius 3 is 1.10 bits per heavy atom. The van der Waals surface area contributed by atoms with Crippen LogP contribution in [0.2, 0.25) is 0 Å². The van der Waals surface area contributed by atoms with Crippen LogP contribution in [0.5, 0.6) is 0 Å². The number of carbonyl (C=O) groups is 2. The Hall–Kier alpha value is -2.74. The summed E-state index contributed by atoms with van der Waals surface area (Å²) in [5, 5.41) is 289. The van der Waals surface area contributed by atoms with Crippen LogP contribution >= 0.6 is 0 Å². The molecule has 8 saturated heterocycles. The SMILES string of the molecule is CC(=O)N[C@H]1[C@H](O[C@H]2[C@@H](O)[C@@H](CO)O[C@@H](O[C@@H]([C@H](O)[C@@H](O)CO)[C@H](O)CO)[C@@H]2O)O[C@H](CO)[C@@H](O[C@@H]2O[C@H](CO)[C@H](O)[C@H](O[C@@H]3O[C@H](CO)[C@@H](O[C@@H]4O[C@H](CO)[C@H](O)[C@H](O[C@H]5O[C@H](CO)[C@H](O)[C@H](O)[C@H]5O)[C@H]4O[C@@H]4O[C@@H](C)[C@@H](O)[C@@H](O)[C@@H]4O)[C@H](O[C@@H]4O[C@@H](C)[C@@H](O)[C@@H](O)[C@@H]4O)[C@H]3NC(C)=O)[C@H]2O)[C@@H]1O. The molecule has 104 heavy (non-hydrogen) atoms. The number of rotatable bonds is 29. The molecule has 8 heterocycles. The Bertz CT molecular complexity index is 2620. The molecule has 0 aromatic heterocycles. The average Bonchev–Trinajstić information content (AvgIpc) is 0.761. The molecule has 0 aliphatic carbocycles. The van der Waals surface area contributed by atoms with Gasteiger partial charge in [-0.25, -0.2) is 0 Å². The number of nitrogens with one attached hydrogen (secondary N) is 2. The minimum Gasteiger partial charge on any atom is -0.394 e. The van der Waals surface area contributed by atoms with Gasteiger partial charge in [-0.05, 0) is 13.8 Å². The monoisotopic (exact) mass is 1530 g/mol. The summed E-state index contributed by atoms with van der Waals surface area (Å²) in [4.78, 5) is 26.4. The molecule has 2 amide bonds. The van der Waals surface area contributed by atoms with E-state index in [1.165, 1.54) is 13.8 Å². The Labute approximate surface area is 589 Å². The van der Waals surface area contributed by atoms with E-state index in [0.29, 0.717) is 0 Å². The van der Waals surface area contributed by atoms with Gasteiger partial charge in [-0.15, -0.1) is 0 Å². The molecule has 46 heteroatoms. The maximum absolute atomic E-state index is 13.6. The standard InChI is InChI=1S/C58H100N2O44/c1-13-27(73)35(81)38(84)53(89-13)100-46-26(60-16(4)70)52(96-24(12-68)45(46)99-58-50(104-54-39(85)36(82)28(74)14(2)90-54)49(33(79)22(10-66)94-58)103-55-40(86)37(83)30(76)19(7-63)91-55)102-48-32(78)21(9-65)93-57(42(48)88)98-44-23(11-67)95-51(25(34(44)80)59-15(3)69)101-47-31(77)20(8-64)92-56(41(47)87)97-43(18(72)6-62)29(75)17(71)5-61/h13-14,17-58,61-68,71-88H,5-12H2,1-4H3,(H,59,69)(H,60,70)/t13-,14-,17-,18+,19+,20+,21+,22+,23+,24+,25+,26+,27+,28+,29+,30-,31-,32-,33-,34+,35+,36+,37-,38-,39-,40+,41+,42+,43+,44+,45+,46+,47-,48-,49-,50+,51-,52-,53-,54-,55+,56-,57-,58-/m0/s1. The summed E-state index contributed by atoms with van der Waals surface area (Å²) in [7, 11) is 0. The zero-order valence-electron chi connectivity index (χ0n) is 56.0. The van der Waals surface area contributed by atoms with Crippen molar-refractivity contribution in [2.75, 3.05) is 52.9 Å². The van der Waals surface area contributed by atoms with E-state index in [4.69, 9.17) is 75.8 Å². The van der Waals surface area contributed by atoms with Gasteiger partial charge in [-0.2, -0.15) is 0 Å². The Morgan fingerprint density at radius 2 is 0.635 bits per heavy atom. The van der Waals surface area contributed by atoms with Crippen molar-refractivity contribution in [1.29, 1.82) is 0 Å². The van der Waals surface area contributed by atoms with Crippen LogP contribution in [0.25, 0.3) is 0 Å². The molecule has 0 aromatic rings. The number of hydrogen-bond acceptors (Lipinski definition) is 44. The number of hydrogen-bond donors (Lipinski definition) is 28. The highest BCUT2D eigenvalue weighted by atomic mass is 16.8. The first-order chi connectivity index (χ1) is 49.1. The predicted octanol–water partition coefficient (Wildman–Crippen LogP) is -18.6. The molecule has 0 saturated carbocycles. The molecule has 0 spiro atoms. The van der Waals surface area contributed by atoms with Gasteiger partial charge in [0.05, 0.1) is 65.1 Å². The van der Waals surface area contributed by atoms with Crippen LogP contribution in [-0.2, 0) is 85.4 Å². The average molecular weight is 1530 g/mol. The normalized spacial score (nSPS) is 48.7. The number of ether oxygens (including phenoxy) is 16. The lowest BCUT2D eigenvalue weighted by molar-refractivity contribution is -0.411. The van der Waals surface area contributed by atoms with Gasteiger partial charge in [-0.1, -0.05) is 0 Å². The van der Waals surface area contributed by atoms with Crippen molar-refractivity contribution >= 4 is 11.8 Å². The van der Waals surface area contributed by atoms with Gasteiger partial charge >= 0.3 is 0 Å². The van der Waals surface area contributed by atoms with E-state index < -0.39 is 335 Å². The zero-order valence-corrected chi connectivity index (χ0v) is 56.0. The third-order valence-corrected chi connectivity index (χ3v) is 19.1. The van der Waals surface area contributed by atoms with Crippen molar-refractivity contribution in [2.24, 2.45) is 0 Å². The summed E-state index contributed by atoms with van der Waals surface area (Å²) in [6.45, 7) is -4.84. The van der Waals surface area contributed by atoms with E-state index in [2.05, 4.69) is 10.6 Å². The van der Waals surface area contributed by atoms with Gasteiger partial charge < -0.3 is 219 Å². The van der Waals surface area contributed by atoms with E-state index in [0.717, 1.165) is 13.8 Å². The summed E-state index contributed by atoms with van der Waals surface area (Å²) in [6.07, 6.45) is -87.0. The smallest absolute Gasteiger partial charge is 0.217 e. The molecule has 0 radical (unpaired) electrons. The van der Waals surface area contributed by atoms with Crippen molar-refractivity contribution in [3.63, 3.8) is 0 Å². The van der Waals surface area contributed by atoms with Crippen molar-refractivity contribution in [1.82, 2.24) is 10.6 Å². The zero-order chi connectivity index (χ0) is 76.9. The van der Waals surface area contributed by atoms with Gasteiger partial charge in [0.25, 0.3) is 0 Å². The Kier molecular flexibility index (Phi) is 31.7. The van der Waals surface area contributed by atoms with Crippen molar-refractivity contribution < 1.29 is 218 Å². The molecule has 0 aromatic carbocycles. The lowest BCUT2D eigenvalue weighted by Gasteiger charge is -2.53. The molecule has 28 N–H and O–H groups in total. The van der Waals surface area contributed by atoms with Crippen molar-refractivity contribution in [3.05, 3.63) is 0 Å². The van der Waals surface area contributed by atoms with Crippen LogP contribution in [0.3, 0.4) is 0 Å². The topological polar surface area (TPSA) is 732 Å². The molecule has 8 aliphatic rings. The Balaban J connectivity index is 1.12. The largest absolute Gasteiger partial charge is 0.394 e. The lowest BCUT2D eigenvalue weighted by Crippen LogP contribution is -2.72. The molecule has 8 fully saturated rings. The third kappa shape index (κ3) is 18.9. The summed E-state index contributed by atoms with van der Waals surface area (Å²) >= 11 is 0. The lowest BCUT2D eigenvalue weighted by atomic mass is 9.93. The first-order valence-corrected chi connectivity index (χ1v) is 33.3. The van der Waals surface area contributed by atoms with Crippen LogP contribution in [0.15, 0.2) is 0 Å². The molecule has 8 rings (SSSR count). The highest BCUT2D eigenvalue weighted by Crippen LogP contribution is 2.41. The quantitative estimate of drug-likeness (QED) is 0.0331. The summed E-state index contributed by atoms with van der Waals surface area (Å²) in [5.74, 6) is -1.98. The van der Waals surface area contributed by atoms with Crippen molar-refractivity contribution in [3.8, 4) is 0 Å². The van der Waals surface area contributed by atoms with Gasteiger partial charge in [0, 0.05) is 13.8 Å². The van der Waals surface area contributed by atoms with Gasteiger partial charge in [0.1, 0.15) is 207 Å². The van der Waals surface area contributed by atoms with Crippen LogP contribution in [-0.4, -0.2) is 467 Å². The number of carbonyl (C=O) groups excluding carboxylic acids is 2. The highest BCUT2D eigenvalue weighted by Gasteiger charge is 2.61. The molecule has 0 bridgehead atoms. The summed E-state index contributed by atoms with van der Waals surface area (Å²) in [6, 6.07) is -4.01. The Morgan fingerprint density at radius 1 is 0.308 bits per heavy atom. The van der Waals surface area contributed by atoms with Gasteiger partial charge in [0.15, 0.2) is 50.3 Å². The first kappa shape index (κ1) is 86.8. The molecular weight excluding hydrogens is 1430 g/mol. The van der Waals surface area contributed by atoms with Gasteiger partial charge in [0.2, 0.25) is 11.8 Å². The van der Waals surface area contributed by atoms with Crippen molar-refractivity contribution in [2.45, 2.75) is 298 Å². The maximum Gasteiger partial charge on any atom is 0.217 e. The van der Waals surface area contributed by atoms with Crippen LogP contribution < -0.4 is 10.6 Å². The van der Waals surface area contributed by atoms with E-state index in [9.17, 15) is 142 Å². The van der Waals surface area contributed by atoms with Crippen LogP contribution in [0, 0.1) is 0 Å². The minimum atomic E-state index is -2.45. The second-order valence-corrected chi connectivity index (χ2v) is 26.4. The maximum atomic E-state index is 13.6. The molecule has 8 aliphatic heterocycles. The number of aliphatic hydroxyl groups excluding tert-OH is 26. The van der Waals surface area contributed by atoms with E-state index in [-0.39, 0.29) is 0 Å². The fourth-order valence-electron chi connectivity index (χ4n) is 13.2. The fourth-order valence-corrected chi connectivity index (χ4v) is 13.2. The minimum absolute atomic E-state index is 0.913. The molecule has 606 valence electrons. The molecule has 44 atom stereocenters. The third-order valence-electron chi connectivity index (χ3n) is 19.1. The van der Waals surface area contributed by atoms with E-state index in [1.54, 1.807) is 0 Å². The molecule has 0 unspecified atom stereocenters. The first-order valence-electron chi connectivity index (χ1n) is 33.3. The second kappa shape index (κ2) is 38.0. The predicted molar refractivity (Wildman–Crippen MR) is 320 cm³/mol. The fraction of sp³-hybridized carbons (Fsp3) is 0.966. The number of aliphatic hydroxyl groups is 26. The van der Waals surface area contributed by atoms with E-state index >= 15 is 0 Å². The summed E-state index contributed by atoms with van der Waals surface area (Å²) < 4.78 is 95.4. The molecular formula is C58H100N2O44. The van der Waals surface area contributed by atoms with E-state index in [1.807, 2.05) is 0 Å². The van der Waals surface area contributed by atoms with Crippen LogP contribution in [0.1, 0.15) is 27.7 Å². The van der Waals surface area contributed by atoms with Crippen LogP contribution in [0.4, 0.5) is 0 Å². The van der Waals surface area contributed by atoms with Gasteiger partial charge in [-0.3, -0.25) is 9.59 Å². The second-order valence-electron chi connectivity index (χ2n) is 26.4. The molecule has 46 nitrogen and oxygen atoms in total.